The Hall–Kier alpha value is -1.55. The molecule has 118 valence electrons. The molecular formula is C17H19Cl2NO2. The van der Waals surface area contributed by atoms with Crippen molar-refractivity contribution in [3.05, 3.63) is 70.7 Å². The van der Waals surface area contributed by atoms with E-state index in [1.807, 2.05) is 54.6 Å². The summed E-state index contributed by atoms with van der Waals surface area (Å²) >= 11 is 5.86. The maximum absolute atomic E-state index is 11.9. The van der Waals surface area contributed by atoms with Gasteiger partial charge in [0.25, 0.3) is 0 Å². The molecule has 0 spiro atoms. The standard InChI is InChI=1S/C17H18ClNO2.ClH/c1-21-17(20)16(11-13-5-3-2-4-6-13)19-12-14-7-9-15(18)10-8-14;/h2-10,16,19H,11-12H2,1H3;1H/t16-;/m0./s1. The van der Waals surface area contributed by atoms with E-state index in [1.54, 1.807) is 0 Å². The molecule has 0 saturated carbocycles. The zero-order chi connectivity index (χ0) is 15.1. The van der Waals surface area contributed by atoms with Gasteiger partial charge in [-0.05, 0) is 29.7 Å². The number of ether oxygens (including phenoxy) is 1. The van der Waals surface area contributed by atoms with Crippen LogP contribution in [0, 0.1) is 0 Å². The number of rotatable bonds is 6. The van der Waals surface area contributed by atoms with E-state index in [2.05, 4.69) is 5.32 Å². The Labute approximate surface area is 142 Å². The Morgan fingerprint density at radius 2 is 1.73 bits per heavy atom. The van der Waals surface area contributed by atoms with Crippen LogP contribution in [-0.2, 0) is 22.5 Å². The first kappa shape index (κ1) is 18.5. The second kappa shape index (κ2) is 9.46. The Morgan fingerprint density at radius 3 is 2.32 bits per heavy atom. The largest absolute Gasteiger partial charge is 0.468 e. The summed E-state index contributed by atoms with van der Waals surface area (Å²) in [7, 11) is 1.41. The van der Waals surface area contributed by atoms with E-state index in [4.69, 9.17) is 16.3 Å². The third kappa shape index (κ3) is 5.68. The van der Waals surface area contributed by atoms with Crippen LogP contribution >= 0.6 is 24.0 Å². The van der Waals surface area contributed by atoms with Crippen LogP contribution in [0.25, 0.3) is 0 Å². The maximum atomic E-state index is 11.9. The molecule has 0 unspecified atom stereocenters. The lowest BCUT2D eigenvalue weighted by molar-refractivity contribution is -0.143. The van der Waals surface area contributed by atoms with Crippen molar-refractivity contribution in [3.63, 3.8) is 0 Å². The number of carbonyl (C=O) groups excluding carboxylic acids is 1. The van der Waals surface area contributed by atoms with Crippen LogP contribution < -0.4 is 5.32 Å². The highest BCUT2D eigenvalue weighted by Crippen LogP contribution is 2.10. The molecule has 0 heterocycles. The van der Waals surface area contributed by atoms with Gasteiger partial charge in [-0.3, -0.25) is 4.79 Å². The highest BCUT2D eigenvalue weighted by atomic mass is 35.5. The zero-order valence-corrected chi connectivity index (χ0v) is 13.9. The summed E-state index contributed by atoms with van der Waals surface area (Å²) in [6.45, 7) is 0.587. The number of esters is 1. The predicted octanol–water partition coefficient (Wildman–Crippen LogP) is 3.64. The van der Waals surface area contributed by atoms with Gasteiger partial charge < -0.3 is 10.1 Å². The summed E-state index contributed by atoms with van der Waals surface area (Å²) in [5.41, 5.74) is 2.16. The molecule has 2 aromatic rings. The molecule has 0 saturated heterocycles. The maximum Gasteiger partial charge on any atom is 0.323 e. The topological polar surface area (TPSA) is 38.3 Å². The van der Waals surface area contributed by atoms with E-state index in [9.17, 15) is 4.79 Å². The zero-order valence-electron chi connectivity index (χ0n) is 12.3. The monoisotopic (exact) mass is 339 g/mol. The van der Waals surface area contributed by atoms with E-state index in [-0.39, 0.29) is 24.4 Å². The molecule has 0 fully saturated rings. The number of benzene rings is 2. The van der Waals surface area contributed by atoms with E-state index < -0.39 is 0 Å². The van der Waals surface area contributed by atoms with Gasteiger partial charge in [-0.15, -0.1) is 12.4 Å². The van der Waals surface area contributed by atoms with E-state index in [0.29, 0.717) is 18.0 Å². The molecule has 0 aromatic heterocycles. The average molecular weight is 340 g/mol. The van der Waals surface area contributed by atoms with Gasteiger partial charge in [0.2, 0.25) is 0 Å². The van der Waals surface area contributed by atoms with E-state index in [0.717, 1.165) is 11.1 Å². The van der Waals surface area contributed by atoms with Crippen LogP contribution in [0.2, 0.25) is 5.02 Å². The lowest BCUT2D eigenvalue weighted by Crippen LogP contribution is -2.39. The number of halogens is 2. The first-order valence-corrected chi connectivity index (χ1v) is 7.16. The second-order valence-corrected chi connectivity index (χ2v) is 5.21. The van der Waals surface area contributed by atoms with Crippen molar-refractivity contribution in [2.24, 2.45) is 0 Å². The SMILES string of the molecule is COC(=O)[C@H](Cc1ccccc1)NCc1ccc(Cl)cc1.Cl. The van der Waals surface area contributed by atoms with Gasteiger partial charge >= 0.3 is 5.97 Å². The fourth-order valence-corrected chi connectivity index (χ4v) is 2.20. The molecule has 2 rings (SSSR count). The van der Waals surface area contributed by atoms with Gasteiger partial charge in [-0.25, -0.2) is 0 Å². The number of hydrogen-bond donors (Lipinski definition) is 1. The highest BCUT2D eigenvalue weighted by molar-refractivity contribution is 6.30. The summed E-state index contributed by atoms with van der Waals surface area (Å²) in [6.07, 6.45) is 0.598. The molecule has 0 bridgehead atoms. The number of carbonyl (C=O) groups is 1. The Kier molecular flexibility index (Phi) is 7.96. The Morgan fingerprint density at radius 1 is 1.09 bits per heavy atom. The minimum atomic E-state index is -0.368. The molecule has 0 aliphatic rings. The molecule has 2 aromatic carbocycles. The van der Waals surface area contributed by atoms with Crippen LogP contribution in [0.15, 0.2) is 54.6 Å². The molecule has 22 heavy (non-hydrogen) atoms. The molecule has 0 radical (unpaired) electrons. The molecule has 0 amide bonds. The molecule has 3 nitrogen and oxygen atoms in total. The van der Waals surface area contributed by atoms with Crippen molar-refractivity contribution in [2.75, 3.05) is 7.11 Å². The van der Waals surface area contributed by atoms with Crippen LogP contribution in [0.1, 0.15) is 11.1 Å². The molecular weight excluding hydrogens is 321 g/mol. The van der Waals surface area contributed by atoms with Crippen LogP contribution in [0.5, 0.6) is 0 Å². The number of methoxy groups -OCH3 is 1. The van der Waals surface area contributed by atoms with Crippen molar-refractivity contribution < 1.29 is 9.53 Å². The third-order valence-corrected chi connectivity index (χ3v) is 3.49. The molecule has 0 aliphatic carbocycles. The summed E-state index contributed by atoms with van der Waals surface area (Å²) in [5.74, 6) is -0.257. The minimum Gasteiger partial charge on any atom is -0.468 e. The quantitative estimate of drug-likeness (QED) is 0.816. The Bertz CT molecular complexity index is 573. The smallest absolute Gasteiger partial charge is 0.323 e. The fourth-order valence-electron chi connectivity index (χ4n) is 2.07. The van der Waals surface area contributed by atoms with Gasteiger partial charge in [-0.2, -0.15) is 0 Å². The van der Waals surface area contributed by atoms with Gasteiger partial charge in [0.05, 0.1) is 7.11 Å². The van der Waals surface area contributed by atoms with Crippen molar-refractivity contribution in [1.82, 2.24) is 5.32 Å². The van der Waals surface area contributed by atoms with Crippen LogP contribution in [0.4, 0.5) is 0 Å². The summed E-state index contributed by atoms with van der Waals surface area (Å²) in [5, 5.41) is 3.94. The third-order valence-electron chi connectivity index (χ3n) is 3.23. The normalized spacial score (nSPS) is 11.4. The van der Waals surface area contributed by atoms with E-state index >= 15 is 0 Å². The molecule has 0 aliphatic heterocycles. The lowest BCUT2D eigenvalue weighted by Gasteiger charge is -2.16. The van der Waals surface area contributed by atoms with Crippen molar-refractivity contribution in [3.8, 4) is 0 Å². The van der Waals surface area contributed by atoms with Crippen molar-refractivity contribution >= 4 is 30.0 Å². The van der Waals surface area contributed by atoms with Gasteiger partial charge in [0.15, 0.2) is 0 Å². The average Bonchev–Trinajstić information content (AvgIpc) is 2.53. The first-order chi connectivity index (χ1) is 10.2. The lowest BCUT2D eigenvalue weighted by atomic mass is 10.1. The van der Waals surface area contributed by atoms with E-state index in [1.165, 1.54) is 7.11 Å². The molecule has 1 atom stereocenters. The summed E-state index contributed by atoms with van der Waals surface area (Å²) in [6, 6.07) is 17.1. The minimum absolute atomic E-state index is 0. The van der Waals surface area contributed by atoms with Crippen molar-refractivity contribution in [2.45, 2.75) is 19.0 Å². The predicted molar refractivity (Wildman–Crippen MR) is 91.5 cm³/mol. The number of nitrogens with one attached hydrogen (secondary N) is 1. The van der Waals surface area contributed by atoms with Gasteiger partial charge in [-0.1, -0.05) is 54.1 Å². The molecule has 1 N–H and O–H groups in total. The highest BCUT2D eigenvalue weighted by Gasteiger charge is 2.18. The van der Waals surface area contributed by atoms with Gasteiger partial charge in [0, 0.05) is 11.6 Å². The van der Waals surface area contributed by atoms with Crippen LogP contribution in [0.3, 0.4) is 0 Å². The summed E-state index contributed by atoms with van der Waals surface area (Å²) in [4.78, 5) is 11.9. The first-order valence-electron chi connectivity index (χ1n) is 6.78. The number of hydrogen-bond acceptors (Lipinski definition) is 3. The van der Waals surface area contributed by atoms with Gasteiger partial charge in [0.1, 0.15) is 6.04 Å². The fraction of sp³-hybridized carbons (Fsp3) is 0.235. The Balaban J connectivity index is 0.00000242. The second-order valence-electron chi connectivity index (χ2n) is 4.77. The van der Waals surface area contributed by atoms with Crippen LogP contribution in [-0.4, -0.2) is 19.1 Å². The molecule has 5 heteroatoms. The summed E-state index contributed by atoms with van der Waals surface area (Å²) < 4.78 is 4.87. The van der Waals surface area contributed by atoms with Crippen molar-refractivity contribution in [1.29, 1.82) is 0 Å².